The summed E-state index contributed by atoms with van der Waals surface area (Å²) in [6.07, 6.45) is 0. The van der Waals surface area contributed by atoms with Crippen LogP contribution in [0.1, 0.15) is 34.5 Å². The smallest absolute Gasteiger partial charge is 0.230 e. The number of hydrogen-bond acceptors (Lipinski definition) is 6. The van der Waals surface area contributed by atoms with Crippen LogP contribution in [0.3, 0.4) is 0 Å². The third kappa shape index (κ3) is 3.77. The Balaban J connectivity index is 1.65. The molecule has 1 aromatic heterocycles. The second kappa shape index (κ2) is 6.78. The summed E-state index contributed by atoms with van der Waals surface area (Å²) in [5.41, 5.74) is 10.7. The van der Waals surface area contributed by atoms with Gasteiger partial charge < -0.3 is 4.42 Å². The molecule has 2 unspecified atom stereocenters. The SMILES string of the molecule is Cc1nnc(CN(C)CC2CNNC2c2ccc(C)c(C)c2)o1. The first-order valence-corrected chi connectivity index (χ1v) is 8.06. The highest BCUT2D eigenvalue weighted by molar-refractivity contribution is 5.32. The van der Waals surface area contributed by atoms with Crippen molar-refractivity contribution in [2.24, 2.45) is 5.92 Å². The molecule has 1 saturated heterocycles. The Morgan fingerprint density at radius 1 is 1.22 bits per heavy atom. The fourth-order valence-corrected chi connectivity index (χ4v) is 3.12. The van der Waals surface area contributed by atoms with Gasteiger partial charge in [-0.3, -0.25) is 10.3 Å². The van der Waals surface area contributed by atoms with Crippen LogP contribution in [0, 0.1) is 26.7 Å². The van der Waals surface area contributed by atoms with E-state index in [-0.39, 0.29) is 0 Å². The fraction of sp³-hybridized carbons (Fsp3) is 0.529. The maximum atomic E-state index is 5.46. The van der Waals surface area contributed by atoms with Gasteiger partial charge >= 0.3 is 0 Å². The third-order valence-electron chi connectivity index (χ3n) is 4.50. The Hall–Kier alpha value is -1.76. The van der Waals surface area contributed by atoms with Crippen molar-refractivity contribution in [3.8, 4) is 0 Å². The number of aryl methyl sites for hydroxylation is 3. The Labute approximate surface area is 137 Å². The Morgan fingerprint density at radius 2 is 2.04 bits per heavy atom. The Kier molecular flexibility index (Phi) is 4.75. The summed E-state index contributed by atoms with van der Waals surface area (Å²) in [5, 5.41) is 7.95. The molecule has 2 atom stereocenters. The van der Waals surface area contributed by atoms with Gasteiger partial charge in [-0.05, 0) is 37.6 Å². The lowest BCUT2D eigenvalue weighted by Gasteiger charge is -2.24. The maximum Gasteiger partial charge on any atom is 0.230 e. The summed E-state index contributed by atoms with van der Waals surface area (Å²) in [7, 11) is 2.09. The summed E-state index contributed by atoms with van der Waals surface area (Å²) >= 11 is 0. The van der Waals surface area contributed by atoms with Crippen molar-refractivity contribution in [3.63, 3.8) is 0 Å². The van der Waals surface area contributed by atoms with Crippen molar-refractivity contribution in [1.29, 1.82) is 0 Å². The molecule has 1 fully saturated rings. The first-order chi connectivity index (χ1) is 11.0. The zero-order valence-electron chi connectivity index (χ0n) is 14.3. The first kappa shape index (κ1) is 16.1. The lowest BCUT2D eigenvalue weighted by atomic mass is 9.92. The molecule has 1 aromatic carbocycles. The van der Waals surface area contributed by atoms with Crippen LogP contribution < -0.4 is 10.9 Å². The first-order valence-electron chi connectivity index (χ1n) is 8.06. The second-order valence-electron chi connectivity index (χ2n) is 6.52. The van der Waals surface area contributed by atoms with Crippen molar-refractivity contribution < 1.29 is 4.42 Å². The average molecular weight is 315 g/mol. The number of benzene rings is 1. The number of hydrazine groups is 1. The molecule has 124 valence electrons. The van der Waals surface area contributed by atoms with E-state index < -0.39 is 0 Å². The summed E-state index contributed by atoms with van der Waals surface area (Å²) in [5.74, 6) is 1.78. The molecule has 0 amide bonds. The van der Waals surface area contributed by atoms with Crippen LogP contribution in [0.5, 0.6) is 0 Å². The maximum absolute atomic E-state index is 5.46. The van der Waals surface area contributed by atoms with Crippen LogP contribution in [-0.4, -0.2) is 35.2 Å². The van der Waals surface area contributed by atoms with Crippen LogP contribution in [0.25, 0.3) is 0 Å². The molecule has 1 aliphatic heterocycles. The van der Waals surface area contributed by atoms with Gasteiger partial charge in [0.05, 0.1) is 12.6 Å². The largest absolute Gasteiger partial charge is 0.424 e. The van der Waals surface area contributed by atoms with E-state index in [4.69, 9.17) is 4.42 Å². The minimum Gasteiger partial charge on any atom is -0.424 e. The molecule has 0 saturated carbocycles. The van der Waals surface area contributed by atoms with Crippen LogP contribution in [-0.2, 0) is 6.54 Å². The summed E-state index contributed by atoms with van der Waals surface area (Å²) in [4.78, 5) is 2.24. The van der Waals surface area contributed by atoms with E-state index >= 15 is 0 Å². The summed E-state index contributed by atoms with van der Waals surface area (Å²) < 4.78 is 5.46. The zero-order valence-corrected chi connectivity index (χ0v) is 14.3. The minimum atomic E-state index is 0.321. The summed E-state index contributed by atoms with van der Waals surface area (Å²) in [6, 6.07) is 7.03. The van der Waals surface area contributed by atoms with E-state index in [9.17, 15) is 0 Å². The predicted octanol–water partition coefficient (Wildman–Crippen LogP) is 1.89. The molecule has 1 aliphatic rings. The summed E-state index contributed by atoms with van der Waals surface area (Å²) in [6.45, 7) is 8.72. The van der Waals surface area contributed by atoms with Gasteiger partial charge in [0.15, 0.2) is 0 Å². The number of aromatic nitrogens is 2. The number of hydrogen-bond donors (Lipinski definition) is 2. The lowest BCUT2D eigenvalue weighted by molar-refractivity contribution is 0.239. The Morgan fingerprint density at radius 3 is 2.74 bits per heavy atom. The van der Waals surface area contributed by atoms with Gasteiger partial charge in [0, 0.05) is 25.9 Å². The lowest BCUT2D eigenvalue weighted by Crippen LogP contribution is -2.30. The molecule has 3 rings (SSSR count). The van der Waals surface area contributed by atoms with E-state index in [1.165, 1.54) is 16.7 Å². The van der Waals surface area contributed by atoms with Gasteiger partial charge in [-0.25, -0.2) is 5.43 Å². The van der Waals surface area contributed by atoms with Crippen LogP contribution >= 0.6 is 0 Å². The average Bonchev–Trinajstić information content (AvgIpc) is 3.11. The monoisotopic (exact) mass is 315 g/mol. The van der Waals surface area contributed by atoms with Crippen molar-refractivity contribution in [2.45, 2.75) is 33.4 Å². The van der Waals surface area contributed by atoms with Gasteiger partial charge in [0.25, 0.3) is 0 Å². The molecular weight excluding hydrogens is 290 g/mol. The Bertz CT molecular complexity index is 669. The molecule has 6 heteroatoms. The number of rotatable bonds is 5. The van der Waals surface area contributed by atoms with Gasteiger partial charge in [0.2, 0.25) is 11.8 Å². The molecule has 0 bridgehead atoms. The topological polar surface area (TPSA) is 66.2 Å². The highest BCUT2D eigenvalue weighted by Crippen LogP contribution is 2.27. The molecule has 0 spiro atoms. The molecule has 0 aliphatic carbocycles. The molecule has 2 N–H and O–H groups in total. The molecule has 2 heterocycles. The highest BCUT2D eigenvalue weighted by Gasteiger charge is 2.29. The molecule has 2 aromatic rings. The molecule has 0 radical (unpaired) electrons. The van der Waals surface area contributed by atoms with E-state index in [0.717, 1.165) is 13.1 Å². The minimum absolute atomic E-state index is 0.321. The molecular formula is C17H25N5O. The number of nitrogens with zero attached hydrogens (tertiary/aromatic N) is 3. The normalized spacial score (nSPS) is 21.3. The van der Waals surface area contributed by atoms with Gasteiger partial charge in [-0.15, -0.1) is 10.2 Å². The van der Waals surface area contributed by atoms with E-state index in [2.05, 4.69) is 65.0 Å². The van der Waals surface area contributed by atoms with Crippen molar-refractivity contribution >= 4 is 0 Å². The van der Waals surface area contributed by atoms with Crippen LogP contribution in [0.2, 0.25) is 0 Å². The van der Waals surface area contributed by atoms with Crippen molar-refractivity contribution in [1.82, 2.24) is 25.9 Å². The van der Waals surface area contributed by atoms with Crippen LogP contribution in [0.15, 0.2) is 22.6 Å². The van der Waals surface area contributed by atoms with Crippen molar-refractivity contribution in [3.05, 3.63) is 46.7 Å². The van der Waals surface area contributed by atoms with E-state index in [0.29, 0.717) is 30.3 Å². The quantitative estimate of drug-likeness (QED) is 0.878. The van der Waals surface area contributed by atoms with Gasteiger partial charge in [-0.2, -0.15) is 0 Å². The molecule has 23 heavy (non-hydrogen) atoms. The second-order valence-corrected chi connectivity index (χ2v) is 6.52. The predicted molar refractivity (Wildman–Crippen MR) is 88.7 cm³/mol. The standard InChI is InChI=1S/C17H25N5O/c1-11-5-6-14(7-12(11)2)17-15(8-18-21-17)9-22(4)10-16-20-19-13(3)23-16/h5-7,15,17-18,21H,8-10H2,1-4H3. The fourth-order valence-electron chi connectivity index (χ4n) is 3.12. The van der Waals surface area contributed by atoms with E-state index in [1.807, 2.05) is 6.92 Å². The van der Waals surface area contributed by atoms with Crippen molar-refractivity contribution in [2.75, 3.05) is 20.1 Å². The zero-order chi connectivity index (χ0) is 16.4. The third-order valence-corrected chi connectivity index (χ3v) is 4.50. The van der Waals surface area contributed by atoms with Gasteiger partial charge in [0.1, 0.15) is 0 Å². The highest BCUT2D eigenvalue weighted by atomic mass is 16.4. The molecule has 6 nitrogen and oxygen atoms in total. The van der Waals surface area contributed by atoms with E-state index in [1.54, 1.807) is 0 Å². The van der Waals surface area contributed by atoms with Crippen LogP contribution in [0.4, 0.5) is 0 Å². The number of nitrogens with one attached hydrogen (secondary N) is 2. The van der Waals surface area contributed by atoms with Gasteiger partial charge in [-0.1, -0.05) is 18.2 Å².